The highest BCUT2D eigenvalue weighted by Gasteiger charge is 2.11. The van der Waals surface area contributed by atoms with Crippen molar-refractivity contribution < 1.29 is 4.39 Å². The molecule has 0 amide bonds. The summed E-state index contributed by atoms with van der Waals surface area (Å²) in [6.07, 6.45) is 0. The number of rotatable bonds is 6. The summed E-state index contributed by atoms with van der Waals surface area (Å²) in [6.45, 7) is 2.06. The molecule has 9 heteroatoms. The van der Waals surface area contributed by atoms with Crippen molar-refractivity contribution in [1.82, 2.24) is 25.2 Å². The molecule has 0 fully saturated rings. The minimum Gasteiger partial charge on any atom is -0.332 e. The second-order valence-corrected chi connectivity index (χ2v) is 7.58. The SMILES string of the molecule is Cc1ccc(Nc2nc(CSc3nnnn3-c3cccc(F)c3)cs2)cc1. The van der Waals surface area contributed by atoms with E-state index < -0.39 is 0 Å². The topological polar surface area (TPSA) is 68.5 Å². The van der Waals surface area contributed by atoms with Crippen LogP contribution in [0.25, 0.3) is 5.69 Å². The van der Waals surface area contributed by atoms with Gasteiger partial charge in [0.05, 0.1) is 11.4 Å². The average molecular weight is 398 g/mol. The van der Waals surface area contributed by atoms with Gasteiger partial charge >= 0.3 is 0 Å². The summed E-state index contributed by atoms with van der Waals surface area (Å²) in [5.41, 5.74) is 3.73. The van der Waals surface area contributed by atoms with Crippen LogP contribution in [0.4, 0.5) is 15.2 Å². The summed E-state index contributed by atoms with van der Waals surface area (Å²) in [5.74, 6) is 0.284. The average Bonchev–Trinajstić information content (AvgIpc) is 3.31. The van der Waals surface area contributed by atoms with Crippen LogP contribution in [0.3, 0.4) is 0 Å². The van der Waals surface area contributed by atoms with Crippen LogP contribution >= 0.6 is 23.1 Å². The molecular weight excluding hydrogens is 383 g/mol. The molecular formula is C18H15FN6S2. The van der Waals surface area contributed by atoms with Crippen molar-refractivity contribution >= 4 is 33.9 Å². The first-order valence-electron chi connectivity index (χ1n) is 8.12. The van der Waals surface area contributed by atoms with Gasteiger partial charge in [-0.05, 0) is 47.7 Å². The van der Waals surface area contributed by atoms with E-state index in [0.717, 1.165) is 16.5 Å². The Morgan fingerprint density at radius 1 is 1.19 bits per heavy atom. The molecule has 0 radical (unpaired) electrons. The second-order valence-electron chi connectivity index (χ2n) is 5.78. The van der Waals surface area contributed by atoms with Crippen molar-refractivity contribution in [3.8, 4) is 5.69 Å². The molecule has 0 aliphatic carbocycles. The number of nitrogens with one attached hydrogen (secondary N) is 1. The van der Waals surface area contributed by atoms with Gasteiger partial charge in [0.1, 0.15) is 5.82 Å². The largest absolute Gasteiger partial charge is 0.332 e. The summed E-state index contributed by atoms with van der Waals surface area (Å²) in [4.78, 5) is 4.59. The van der Waals surface area contributed by atoms with Crippen LogP contribution in [0.15, 0.2) is 59.1 Å². The Balaban J connectivity index is 1.42. The third-order valence-corrected chi connectivity index (χ3v) is 5.46. The molecule has 4 aromatic rings. The first-order chi connectivity index (χ1) is 13.2. The van der Waals surface area contributed by atoms with E-state index >= 15 is 0 Å². The van der Waals surface area contributed by atoms with Crippen LogP contribution in [-0.2, 0) is 5.75 Å². The first kappa shape index (κ1) is 17.6. The fraction of sp³-hybridized carbons (Fsp3) is 0.111. The zero-order valence-electron chi connectivity index (χ0n) is 14.3. The summed E-state index contributed by atoms with van der Waals surface area (Å²) in [7, 11) is 0. The lowest BCUT2D eigenvalue weighted by atomic mass is 10.2. The van der Waals surface area contributed by atoms with Gasteiger partial charge in [-0.2, -0.15) is 4.68 Å². The molecule has 0 aliphatic heterocycles. The van der Waals surface area contributed by atoms with E-state index in [4.69, 9.17) is 0 Å². The van der Waals surface area contributed by atoms with Crippen molar-refractivity contribution in [3.05, 3.63) is 71.0 Å². The lowest BCUT2D eigenvalue weighted by molar-refractivity contribution is 0.623. The zero-order valence-corrected chi connectivity index (χ0v) is 16.0. The predicted octanol–water partition coefficient (Wildman–Crippen LogP) is 4.60. The van der Waals surface area contributed by atoms with E-state index in [1.165, 1.54) is 34.1 Å². The monoisotopic (exact) mass is 398 g/mol. The molecule has 2 aromatic carbocycles. The number of aryl methyl sites for hydroxylation is 1. The number of nitrogens with zero attached hydrogens (tertiary/aromatic N) is 5. The van der Waals surface area contributed by atoms with Gasteiger partial charge in [0.15, 0.2) is 5.13 Å². The standard InChI is InChI=1S/C18H15FN6S2/c1-12-5-7-14(8-6-12)20-17-21-15(10-26-17)11-27-18-22-23-24-25(18)16-4-2-3-13(19)9-16/h2-10H,11H2,1H3,(H,20,21). The maximum absolute atomic E-state index is 13.4. The fourth-order valence-corrected chi connectivity index (χ4v) is 3.99. The van der Waals surface area contributed by atoms with Crippen molar-refractivity contribution in [2.75, 3.05) is 5.32 Å². The highest BCUT2D eigenvalue weighted by atomic mass is 32.2. The number of thioether (sulfide) groups is 1. The zero-order chi connectivity index (χ0) is 18.6. The van der Waals surface area contributed by atoms with Crippen molar-refractivity contribution in [2.24, 2.45) is 0 Å². The van der Waals surface area contributed by atoms with Crippen molar-refractivity contribution in [3.63, 3.8) is 0 Å². The van der Waals surface area contributed by atoms with Crippen LogP contribution < -0.4 is 5.32 Å². The number of anilines is 2. The van der Waals surface area contributed by atoms with Gasteiger partial charge in [0.2, 0.25) is 5.16 Å². The van der Waals surface area contributed by atoms with Gasteiger partial charge in [-0.1, -0.05) is 35.5 Å². The molecule has 0 spiro atoms. The maximum atomic E-state index is 13.4. The van der Waals surface area contributed by atoms with E-state index in [9.17, 15) is 4.39 Å². The molecule has 136 valence electrons. The van der Waals surface area contributed by atoms with Crippen molar-refractivity contribution in [1.29, 1.82) is 0 Å². The lowest BCUT2D eigenvalue weighted by Crippen LogP contribution is -1.99. The van der Waals surface area contributed by atoms with Crippen LogP contribution in [0.2, 0.25) is 0 Å². The molecule has 0 unspecified atom stereocenters. The van der Waals surface area contributed by atoms with Gasteiger partial charge in [-0.3, -0.25) is 0 Å². The molecule has 6 nitrogen and oxygen atoms in total. The molecule has 4 rings (SSSR count). The van der Waals surface area contributed by atoms with Crippen LogP contribution in [0, 0.1) is 12.7 Å². The van der Waals surface area contributed by atoms with E-state index in [0.29, 0.717) is 16.6 Å². The molecule has 1 N–H and O–H groups in total. The predicted molar refractivity (Wildman–Crippen MR) is 105 cm³/mol. The van der Waals surface area contributed by atoms with E-state index in [2.05, 4.69) is 44.9 Å². The van der Waals surface area contributed by atoms with E-state index in [-0.39, 0.29) is 5.82 Å². The van der Waals surface area contributed by atoms with Crippen molar-refractivity contribution in [2.45, 2.75) is 17.8 Å². The molecule has 0 aliphatic rings. The van der Waals surface area contributed by atoms with Gasteiger partial charge < -0.3 is 5.32 Å². The highest BCUT2D eigenvalue weighted by Crippen LogP contribution is 2.26. The lowest BCUT2D eigenvalue weighted by Gasteiger charge is -2.03. The molecule has 0 saturated heterocycles. The molecule has 0 bridgehead atoms. The minimum absolute atomic E-state index is 0.328. The summed E-state index contributed by atoms with van der Waals surface area (Å²) >= 11 is 2.99. The molecule has 0 saturated carbocycles. The molecule has 2 aromatic heterocycles. The summed E-state index contributed by atoms with van der Waals surface area (Å²) < 4.78 is 15.0. The third-order valence-electron chi connectivity index (χ3n) is 3.70. The number of tetrazole rings is 1. The third kappa shape index (κ3) is 4.32. The van der Waals surface area contributed by atoms with Gasteiger partial charge in [-0.15, -0.1) is 16.4 Å². The number of aromatic nitrogens is 5. The number of hydrogen-bond acceptors (Lipinski definition) is 7. The number of thiazole rings is 1. The number of halogens is 1. The smallest absolute Gasteiger partial charge is 0.214 e. The van der Waals surface area contributed by atoms with Gasteiger partial charge in [0.25, 0.3) is 0 Å². The number of benzene rings is 2. The molecule has 2 heterocycles. The maximum Gasteiger partial charge on any atom is 0.214 e. The Labute approximate surface area is 163 Å². The molecule has 27 heavy (non-hydrogen) atoms. The quantitative estimate of drug-likeness (QED) is 0.479. The van der Waals surface area contributed by atoms with Crippen LogP contribution in [-0.4, -0.2) is 25.2 Å². The fourth-order valence-electron chi connectivity index (χ4n) is 2.37. The van der Waals surface area contributed by atoms with Gasteiger partial charge in [0, 0.05) is 16.8 Å². The summed E-state index contributed by atoms with van der Waals surface area (Å²) in [6, 6.07) is 14.3. The second kappa shape index (κ2) is 7.85. The Morgan fingerprint density at radius 3 is 2.85 bits per heavy atom. The van der Waals surface area contributed by atoms with Gasteiger partial charge in [-0.25, -0.2) is 9.37 Å². The normalized spacial score (nSPS) is 10.9. The van der Waals surface area contributed by atoms with E-state index in [1.54, 1.807) is 23.5 Å². The Bertz CT molecular complexity index is 1040. The molecule has 0 atom stereocenters. The Hall–Kier alpha value is -2.78. The van der Waals surface area contributed by atoms with Crippen LogP contribution in [0.5, 0.6) is 0 Å². The highest BCUT2D eigenvalue weighted by molar-refractivity contribution is 7.98. The first-order valence-corrected chi connectivity index (χ1v) is 9.99. The Morgan fingerprint density at radius 2 is 2.04 bits per heavy atom. The number of hydrogen-bond donors (Lipinski definition) is 1. The summed E-state index contributed by atoms with van der Waals surface area (Å²) in [5, 5.41) is 18.4. The van der Waals surface area contributed by atoms with E-state index in [1.807, 2.05) is 17.5 Å². The Kier molecular flexibility index (Phi) is 5.12. The van der Waals surface area contributed by atoms with Crippen LogP contribution in [0.1, 0.15) is 11.3 Å². The minimum atomic E-state index is -0.328.